The second-order valence-electron chi connectivity index (χ2n) is 5.70. The van der Waals surface area contributed by atoms with Gasteiger partial charge in [-0.3, -0.25) is 0 Å². The Balaban J connectivity index is 1.60. The molecule has 0 saturated carbocycles. The van der Waals surface area contributed by atoms with Crippen LogP contribution < -0.4 is 14.8 Å². The largest absolute Gasteiger partial charge is 0.494 e. The van der Waals surface area contributed by atoms with E-state index in [-0.39, 0.29) is 0 Å². The molecule has 3 rings (SSSR count). The minimum atomic E-state index is 0.558. The van der Waals surface area contributed by atoms with E-state index in [9.17, 15) is 0 Å². The SMILES string of the molecule is CCOc1ccc(CNc2ccccc2OCc2ccccc2)cc1. The lowest BCUT2D eigenvalue weighted by Crippen LogP contribution is -2.03. The van der Waals surface area contributed by atoms with Crippen molar-refractivity contribution in [2.75, 3.05) is 11.9 Å². The number of hydrogen-bond acceptors (Lipinski definition) is 3. The quantitative estimate of drug-likeness (QED) is 0.608. The number of ether oxygens (including phenoxy) is 2. The Kier molecular flexibility index (Phi) is 5.94. The fourth-order valence-corrected chi connectivity index (χ4v) is 2.54. The molecule has 0 aliphatic heterocycles. The third kappa shape index (κ3) is 5.01. The Morgan fingerprint density at radius 1 is 0.720 bits per heavy atom. The zero-order valence-electron chi connectivity index (χ0n) is 14.4. The molecule has 0 aromatic heterocycles. The molecule has 0 fully saturated rings. The molecule has 0 bridgehead atoms. The maximum atomic E-state index is 5.98. The average Bonchev–Trinajstić information content (AvgIpc) is 2.67. The fraction of sp³-hybridized carbons (Fsp3) is 0.182. The van der Waals surface area contributed by atoms with Crippen molar-refractivity contribution in [2.45, 2.75) is 20.1 Å². The van der Waals surface area contributed by atoms with Crippen LogP contribution in [0.15, 0.2) is 78.9 Å². The molecule has 0 aliphatic carbocycles. The maximum absolute atomic E-state index is 5.98. The van der Waals surface area contributed by atoms with Gasteiger partial charge in [0.25, 0.3) is 0 Å². The first-order valence-corrected chi connectivity index (χ1v) is 8.56. The predicted octanol–water partition coefficient (Wildman–Crippen LogP) is 5.28. The number of nitrogens with one attached hydrogen (secondary N) is 1. The lowest BCUT2D eigenvalue weighted by molar-refractivity contribution is 0.307. The van der Waals surface area contributed by atoms with Crippen LogP contribution in [0.2, 0.25) is 0 Å². The Morgan fingerprint density at radius 2 is 1.44 bits per heavy atom. The monoisotopic (exact) mass is 333 g/mol. The summed E-state index contributed by atoms with van der Waals surface area (Å²) in [6.07, 6.45) is 0. The summed E-state index contributed by atoms with van der Waals surface area (Å²) in [5.41, 5.74) is 3.34. The van der Waals surface area contributed by atoms with Gasteiger partial charge in [-0.25, -0.2) is 0 Å². The summed E-state index contributed by atoms with van der Waals surface area (Å²) in [6, 6.07) is 26.4. The highest BCUT2D eigenvalue weighted by atomic mass is 16.5. The first-order chi connectivity index (χ1) is 12.3. The molecule has 0 unspecified atom stereocenters. The summed E-state index contributed by atoms with van der Waals surface area (Å²) in [7, 11) is 0. The summed E-state index contributed by atoms with van der Waals surface area (Å²) in [6.45, 7) is 3.96. The zero-order valence-corrected chi connectivity index (χ0v) is 14.4. The van der Waals surface area contributed by atoms with E-state index in [4.69, 9.17) is 9.47 Å². The highest BCUT2D eigenvalue weighted by molar-refractivity contribution is 5.56. The Labute approximate surface area is 149 Å². The summed E-state index contributed by atoms with van der Waals surface area (Å²) >= 11 is 0. The van der Waals surface area contributed by atoms with Crippen molar-refractivity contribution in [1.82, 2.24) is 0 Å². The van der Waals surface area contributed by atoms with Gasteiger partial charge in [-0.15, -0.1) is 0 Å². The first kappa shape index (κ1) is 16.9. The highest BCUT2D eigenvalue weighted by Crippen LogP contribution is 2.25. The summed E-state index contributed by atoms with van der Waals surface area (Å²) in [5.74, 6) is 1.76. The molecule has 0 spiro atoms. The standard InChI is InChI=1S/C22H23NO2/c1-2-24-20-14-12-18(13-15-20)16-23-21-10-6-7-11-22(21)25-17-19-8-4-3-5-9-19/h3-15,23H,2,16-17H2,1H3. The van der Waals surface area contributed by atoms with Crippen LogP contribution in [0.25, 0.3) is 0 Å². The van der Waals surface area contributed by atoms with Gasteiger partial charge in [0, 0.05) is 6.54 Å². The van der Waals surface area contributed by atoms with Gasteiger partial charge in [-0.05, 0) is 42.3 Å². The van der Waals surface area contributed by atoms with Gasteiger partial charge >= 0.3 is 0 Å². The number of benzene rings is 3. The normalized spacial score (nSPS) is 10.3. The van der Waals surface area contributed by atoms with Gasteiger partial charge < -0.3 is 14.8 Å². The molecule has 0 aliphatic rings. The molecule has 3 nitrogen and oxygen atoms in total. The van der Waals surface area contributed by atoms with E-state index >= 15 is 0 Å². The van der Waals surface area contributed by atoms with Gasteiger partial charge in [0.15, 0.2) is 0 Å². The van der Waals surface area contributed by atoms with Crippen LogP contribution in [-0.2, 0) is 13.2 Å². The van der Waals surface area contributed by atoms with E-state index in [1.807, 2.05) is 61.5 Å². The molecule has 0 radical (unpaired) electrons. The van der Waals surface area contributed by atoms with E-state index in [2.05, 4.69) is 29.6 Å². The molecular weight excluding hydrogens is 310 g/mol. The number of anilines is 1. The van der Waals surface area contributed by atoms with Crippen molar-refractivity contribution in [3.05, 3.63) is 90.0 Å². The summed E-state index contributed by atoms with van der Waals surface area (Å²) in [4.78, 5) is 0. The van der Waals surface area contributed by atoms with Gasteiger partial charge in [0.1, 0.15) is 18.1 Å². The van der Waals surface area contributed by atoms with Gasteiger partial charge in [0.2, 0.25) is 0 Å². The van der Waals surface area contributed by atoms with Crippen LogP contribution in [0.5, 0.6) is 11.5 Å². The molecule has 1 N–H and O–H groups in total. The van der Waals surface area contributed by atoms with Crippen molar-refractivity contribution in [2.24, 2.45) is 0 Å². The smallest absolute Gasteiger partial charge is 0.142 e. The first-order valence-electron chi connectivity index (χ1n) is 8.56. The topological polar surface area (TPSA) is 30.5 Å². The number of hydrogen-bond donors (Lipinski definition) is 1. The Hall–Kier alpha value is -2.94. The van der Waals surface area contributed by atoms with E-state index in [1.54, 1.807) is 0 Å². The van der Waals surface area contributed by atoms with E-state index in [0.29, 0.717) is 13.2 Å². The number of para-hydroxylation sites is 2. The predicted molar refractivity (Wildman–Crippen MR) is 102 cm³/mol. The second-order valence-corrected chi connectivity index (χ2v) is 5.70. The minimum Gasteiger partial charge on any atom is -0.494 e. The van der Waals surface area contributed by atoms with Gasteiger partial charge in [0.05, 0.1) is 12.3 Å². The van der Waals surface area contributed by atoms with Crippen LogP contribution in [0.1, 0.15) is 18.1 Å². The van der Waals surface area contributed by atoms with Crippen LogP contribution in [-0.4, -0.2) is 6.61 Å². The Morgan fingerprint density at radius 3 is 2.20 bits per heavy atom. The van der Waals surface area contributed by atoms with Crippen molar-refractivity contribution in [3.8, 4) is 11.5 Å². The fourth-order valence-electron chi connectivity index (χ4n) is 2.54. The van der Waals surface area contributed by atoms with E-state index in [0.717, 1.165) is 29.3 Å². The second kappa shape index (κ2) is 8.78. The molecule has 0 heterocycles. The molecule has 0 saturated heterocycles. The third-order valence-electron chi connectivity index (χ3n) is 3.84. The van der Waals surface area contributed by atoms with Crippen molar-refractivity contribution >= 4 is 5.69 Å². The molecular formula is C22H23NO2. The number of rotatable bonds is 8. The lowest BCUT2D eigenvalue weighted by atomic mass is 10.2. The molecule has 25 heavy (non-hydrogen) atoms. The summed E-state index contributed by atoms with van der Waals surface area (Å²) in [5, 5.41) is 3.45. The molecule has 3 aromatic carbocycles. The van der Waals surface area contributed by atoms with Crippen molar-refractivity contribution in [1.29, 1.82) is 0 Å². The van der Waals surface area contributed by atoms with Crippen LogP contribution >= 0.6 is 0 Å². The average molecular weight is 333 g/mol. The molecule has 0 atom stereocenters. The highest BCUT2D eigenvalue weighted by Gasteiger charge is 2.03. The van der Waals surface area contributed by atoms with E-state index in [1.165, 1.54) is 5.56 Å². The maximum Gasteiger partial charge on any atom is 0.142 e. The summed E-state index contributed by atoms with van der Waals surface area (Å²) < 4.78 is 11.5. The minimum absolute atomic E-state index is 0.558. The Bertz CT molecular complexity index is 770. The molecule has 3 heteroatoms. The van der Waals surface area contributed by atoms with Crippen molar-refractivity contribution < 1.29 is 9.47 Å². The van der Waals surface area contributed by atoms with E-state index < -0.39 is 0 Å². The van der Waals surface area contributed by atoms with Gasteiger partial charge in [-0.2, -0.15) is 0 Å². The van der Waals surface area contributed by atoms with Crippen LogP contribution in [0, 0.1) is 0 Å². The van der Waals surface area contributed by atoms with Gasteiger partial charge in [-0.1, -0.05) is 54.6 Å². The van der Waals surface area contributed by atoms with Crippen LogP contribution in [0.3, 0.4) is 0 Å². The lowest BCUT2D eigenvalue weighted by Gasteiger charge is -2.13. The third-order valence-corrected chi connectivity index (χ3v) is 3.84. The zero-order chi connectivity index (χ0) is 17.3. The van der Waals surface area contributed by atoms with Crippen molar-refractivity contribution in [3.63, 3.8) is 0 Å². The van der Waals surface area contributed by atoms with Crippen LogP contribution in [0.4, 0.5) is 5.69 Å². The molecule has 3 aromatic rings. The molecule has 128 valence electrons. The molecule has 0 amide bonds.